The molecule has 1 atom stereocenters. The number of anilines is 1. The minimum Gasteiger partial charge on any atom is -0.506 e. The molecule has 2 heterocycles. The maximum atomic E-state index is 12.8. The summed E-state index contributed by atoms with van der Waals surface area (Å²) >= 11 is 0. The number of halogens is 2. The van der Waals surface area contributed by atoms with E-state index in [1.165, 1.54) is 12.1 Å². The summed E-state index contributed by atoms with van der Waals surface area (Å²) in [4.78, 5) is 41.5. The molecule has 7 N–H and O–H groups in total. The molecule has 0 radical (unpaired) electrons. The van der Waals surface area contributed by atoms with Gasteiger partial charge in [0.2, 0.25) is 5.56 Å². The van der Waals surface area contributed by atoms with Gasteiger partial charge >= 0.3 is 11.8 Å². The van der Waals surface area contributed by atoms with Gasteiger partial charge in [0.1, 0.15) is 5.75 Å². The van der Waals surface area contributed by atoms with E-state index in [1.807, 2.05) is 60.7 Å². The molecule has 12 nitrogen and oxygen atoms in total. The molecule has 1 fully saturated rings. The number of carbonyl (C=O) groups is 1. The number of fused-ring (bicyclic) bond motifs is 2. The Labute approximate surface area is 327 Å². The van der Waals surface area contributed by atoms with Crippen molar-refractivity contribution in [2.75, 3.05) is 11.4 Å². The zero-order valence-electron chi connectivity index (χ0n) is 31.4. The topological polar surface area (TPSA) is 187 Å². The molecule has 6 aromatic rings. The number of phenolic OH excluding ortho intramolecular Hbond substituents is 1. The van der Waals surface area contributed by atoms with Crippen LogP contribution in [0.25, 0.3) is 33.1 Å². The van der Waals surface area contributed by atoms with Crippen molar-refractivity contribution in [2.45, 2.75) is 82.6 Å². The lowest BCUT2D eigenvalue weighted by atomic mass is 9.89. The van der Waals surface area contributed by atoms with Crippen LogP contribution >= 0.6 is 0 Å². The van der Waals surface area contributed by atoms with Gasteiger partial charge in [0.15, 0.2) is 5.58 Å². The Kier molecular flexibility index (Phi) is 14.0. The van der Waals surface area contributed by atoms with Gasteiger partial charge in [-0.1, -0.05) is 61.0 Å². The molecule has 0 aliphatic heterocycles. The smallest absolute Gasteiger partial charge is 0.419 e. The molecule has 7 rings (SSSR count). The van der Waals surface area contributed by atoms with Crippen LogP contribution in [-0.2, 0) is 19.5 Å². The highest BCUT2D eigenvalue weighted by Crippen LogP contribution is 2.37. The fourth-order valence-electron chi connectivity index (χ4n) is 7.83. The van der Waals surface area contributed by atoms with Crippen molar-refractivity contribution in [1.29, 1.82) is 0 Å². The number of unbranched alkanes of at least 4 members (excludes halogenated alkanes) is 2. The number of benzene rings is 4. The fraction of sp³-hybridized carbons (Fsp3) is 0.326. The van der Waals surface area contributed by atoms with Crippen LogP contribution in [0.2, 0.25) is 0 Å². The van der Waals surface area contributed by atoms with Crippen molar-refractivity contribution < 1.29 is 33.9 Å². The third-order valence-corrected chi connectivity index (χ3v) is 10.7. The molecule has 0 spiro atoms. The number of aliphatic hydroxyl groups excluding tert-OH is 1. The second-order valence-electron chi connectivity index (χ2n) is 14.5. The Morgan fingerprint density at radius 3 is 2.42 bits per heavy atom. The van der Waals surface area contributed by atoms with Crippen LogP contribution in [-0.4, -0.2) is 49.6 Å². The van der Waals surface area contributed by atoms with E-state index >= 15 is 0 Å². The first-order valence-corrected chi connectivity index (χ1v) is 19.0. The summed E-state index contributed by atoms with van der Waals surface area (Å²) in [6.45, 7) is 1.14. The number of aromatic amines is 1. The number of amides is 1. The first kappa shape index (κ1) is 42.3. The highest BCUT2D eigenvalue weighted by Gasteiger charge is 2.30. The number of hydrogen-bond acceptors (Lipinski definition) is 8. The molecule has 2 aromatic heterocycles. The average Bonchev–Trinajstić information content (AvgIpc) is 3.49. The van der Waals surface area contributed by atoms with Gasteiger partial charge in [-0.15, -0.1) is 0 Å². The maximum Gasteiger partial charge on any atom is 0.419 e. The lowest BCUT2D eigenvalue weighted by molar-refractivity contribution is 0.176. The molecule has 0 unspecified atom stereocenters. The number of hydrogen-bond donors (Lipinski definition) is 6. The monoisotopic (exact) mass is 785 g/mol. The largest absolute Gasteiger partial charge is 0.506 e. The Hall–Kier alpha value is -5.83. The summed E-state index contributed by atoms with van der Waals surface area (Å²) in [5, 5.41) is 35.3. The van der Waals surface area contributed by atoms with Crippen LogP contribution in [0.15, 0.2) is 105 Å². The van der Waals surface area contributed by atoms with E-state index in [1.54, 1.807) is 21.6 Å². The van der Waals surface area contributed by atoms with E-state index in [2.05, 4.69) is 16.4 Å². The number of oxazole rings is 1. The van der Waals surface area contributed by atoms with Gasteiger partial charge in [-0.05, 0) is 97.5 Å². The van der Waals surface area contributed by atoms with Gasteiger partial charge in [-0.3, -0.25) is 23.7 Å². The summed E-state index contributed by atoms with van der Waals surface area (Å²) in [6, 6.07) is 27.7. The second-order valence-corrected chi connectivity index (χ2v) is 14.5. The van der Waals surface area contributed by atoms with Crippen molar-refractivity contribution in [3.63, 3.8) is 0 Å². The molecule has 302 valence electrons. The number of aryl methyl sites for hydroxylation is 2. The van der Waals surface area contributed by atoms with Crippen molar-refractivity contribution in [1.82, 2.24) is 14.9 Å². The highest BCUT2D eigenvalue weighted by molar-refractivity contribution is 5.94. The number of nitrogens with zero attached hydrogens (tertiary/aromatic N) is 2. The van der Waals surface area contributed by atoms with Gasteiger partial charge in [0, 0.05) is 48.7 Å². The molecule has 57 heavy (non-hydrogen) atoms. The van der Waals surface area contributed by atoms with Crippen molar-refractivity contribution >= 4 is 33.8 Å². The average molecular weight is 786 g/mol. The number of nitrogens with two attached hydrogens (primary N) is 1. The van der Waals surface area contributed by atoms with Gasteiger partial charge in [0.25, 0.3) is 0 Å². The van der Waals surface area contributed by atoms with E-state index in [0.717, 1.165) is 79.1 Å². The van der Waals surface area contributed by atoms with E-state index in [9.17, 15) is 29.7 Å². The number of H-pyrrole nitrogens is 1. The first-order chi connectivity index (χ1) is 26.7. The van der Waals surface area contributed by atoms with Crippen LogP contribution in [0.5, 0.6) is 5.75 Å². The minimum absolute atomic E-state index is 0. The molecule has 4 aromatic carbocycles. The van der Waals surface area contributed by atoms with Crippen molar-refractivity contribution in [2.24, 2.45) is 5.73 Å². The molecule has 14 heteroatoms. The standard InChI is InChI=1S/C43H47N5O7.2FH/c44-30-12-14-31(15-13-30)48(42(52)53)36-23-27(10-16-32(36)29-8-4-1-5-9-29)7-3-2-6-22-47-35-19-11-28(24-39(35)55-43(47)54)25-45-26-38(50)33-17-20-37(49)41-34(33)18-21-40(51)46-41;;/h1,4-5,8-11,16-21,23-24,30-31,38,45,49-50H,2-3,6-7,12-15,22,25-26,44H2,(H,46,51)(H,52,53);2*1H/t30?,31?,38-;;/m0../s1. The highest BCUT2D eigenvalue weighted by atomic mass is 19.0. The Morgan fingerprint density at radius 1 is 0.912 bits per heavy atom. The number of pyridine rings is 1. The fourth-order valence-corrected chi connectivity index (χ4v) is 7.83. The summed E-state index contributed by atoms with van der Waals surface area (Å²) in [6.07, 6.45) is 4.54. The van der Waals surface area contributed by atoms with Gasteiger partial charge < -0.3 is 35.8 Å². The van der Waals surface area contributed by atoms with E-state index in [-0.39, 0.29) is 44.9 Å². The van der Waals surface area contributed by atoms with Gasteiger partial charge in [-0.2, -0.15) is 0 Å². The quantitative estimate of drug-likeness (QED) is 0.0626. The lowest BCUT2D eigenvalue weighted by Crippen LogP contribution is -2.44. The number of phenols is 1. The summed E-state index contributed by atoms with van der Waals surface area (Å²) in [5.74, 6) is -0.476. The van der Waals surface area contributed by atoms with Gasteiger partial charge in [0.05, 0.1) is 22.8 Å². The van der Waals surface area contributed by atoms with E-state index in [4.69, 9.17) is 10.2 Å². The van der Waals surface area contributed by atoms with Crippen molar-refractivity contribution in [3.05, 3.63) is 129 Å². The van der Waals surface area contributed by atoms with Gasteiger partial charge in [-0.25, -0.2) is 9.59 Å². The Bertz CT molecular complexity index is 2410. The Morgan fingerprint density at radius 2 is 1.67 bits per heavy atom. The lowest BCUT2D eigenvalue weighted by Gasteiger charge is -2.35. The number of aromatic hydroxyl groups is 1. The SMILES string of the molecule is F.F.NC1CCC(N(C(=O)O)c2cc(CCCCCn3c(=O)oc4cc(CNC[C@H](O)c5ccc(O)c6[nH]c(=O)ccc56)ccc43)ccc2-c2ccccc2)CC1. The van der Waals surface area contributed by atoms with E-state index in [0.29, 0.717) is 35.3 Å². The van der Waals surface area contributed by atoms with Crippen LogP contribution in [0.1, 0.15) is 67.7 Å². The molecule has 0 saturated heterocycles. The third-order valence-electron chi connectivity index (χ3n) is 10.7. The summed E-state index contributed by atoms with van der Waals surface area (Å²) < 4.78 is 7.27. The molecule has 0 bridgehead atoms. The number of aromatic nitrogens is 2. The zero-order valence-corrected chi connectivity index (χ0v) is 31.4. The number of carboxylic acid groups (broad SMARTS) is 1. The second kappa shape index (κ2) is 18.9. The van der Waals surface area contributed by atoms with Crippen LogP contribution < -0.4 is 27.3 Å². The molecular formula is C43H49F2N5O7. The zero-order chi connectivity index (χ0) is 38.5. The van der Waals surface area contributed by atoms with Crippen LogP contribution in [0, 0.1) is 0 Å². The number of aliphatic hydroxyl groups is 1. The van der Waals surface area contributed by atoms with Crippen LogP contribution in [0.3, 0.4) is 0 Å². The van der Waals surface area contributed by atoms with Crippen LogP contribution in [0.4, 0.5) is 19.9 Å². The summed E-state index contributed by atoms with van der Waals surface area (Å²) in [7, 11) is 0. The van der Waals surface area contributed by atoms with Crippen molar-refractivity contribution in [3.8, 4) is 16.9 Å². The molecule has 1 aliphatic rings. The maximum absolute atomic E-state index is 12.8. The minimum atomic E-state index is -0.949. The Balaban J connectivity index is 0.00000310. The predicted molar refractivity (Wildman–Crippen MR) is 219 cm³/mol. The molecule has 1 saturated carbocycles. The first-order valence-electron chi connectivity index (χ1n) is 19.0. The summed E-state index contributed by atoms with van der Waals surface area (Å²) in [5.41, 5.74) is 12.4. The molecule has 1 aliphatic carbocycles. The molecular weight excluding hydrogens is 736 g/mol. The normalized spacial score (nSPS) is 15.8. The number of nitrogens with one attached hydrogen (secondary N) is 2. The third kappa shape index (κ3) is 9.59. The predicted octanol–water partition coefficient (Wildman–Crippen LogP) is 7.10. The van der Waals surface area contributed by atoms with E-state index < -0.39 is 18.0 Å². The number of rotatable bonds is 14. The molecule has 1 amide bonds.